The van der Waals surface area contributed by atoms with E-state index in [0.29, 0.717) is 23.9 Å². The Morgan fingerprint density at radius 1 is 1.29 bits per heavy atom. The lowest BCUT2D eigenvalue weighted by Gasteiger charge is -2.22. The molecule has 3 aromatic rings. The molecule has 2 aromatic carbocycles. The van der Waals surface area contributed by atoms with Crippen LogP contribution < -0.4 is 5.32 Å². The molecule has 9 heteroatoms. The van der Waals surface area contributed by atoms with Gasteiger partial charge in [-0.15, -0.1) is 0 Å². The van der Waals surface area contributed by atoms with Crippen molar-refractivity contribution in [2.45, 2.75) is 18.9 Å². The van der Waals surface area contributed by atoms with Gasteiger partial charge in [-0.3, -0.25) is 0 Å². The van der Waals surface area contributed by atoms with Crippen molar-refractivity contribution >= 4 is 39.2 Å². The minimum atomic E-state index is -0.537. The molecule has 1 aliphatic rings. The molecular weight excluding hydrogens is 451 g/mol. The van der Waals surface area contributed by atoms with Crippen molar-refractivity contribution in [2.24, 2.45) is 0 Å². The lowest BCUT2D eigenvalue weighted by Crippen LogP contribution is -2.34. The van der Waals surface area contributed by atoms with E-state index in [4.69, 9.17) is 16.1 Å². The Labute approximate surface area is 173 Å². The van der Waals surface area contributed by atoms with E-state index in [-0.39, 0.29) is 17.1 Å². The highest BCUT2D eigenvalue weighted by molar-refractivity contribution is 9.10. The second-order valence-electron chi connectivity index (χ2n) is 6.37. The number of hydrogen-bond acceptors (Lipinski definition) is 4. The van der Waals surface area contributed by atoms with E-state index in [1.165, 1.54) is 18.2 Å². The summed E-state index contributed by atoms with van der Waals surface area (Å²) in [5.41, 5.74) is 1.25. The first-order chi connectivity index (χ1) is 13.5. The number of urea groups is 1. The van der Waals surface area contributed by atoms with Gasteiger partial charge in [0, 0.05) is 22.3 Å². The Bertz CT molecular complexity index is 1010. The predicted octanol–water partition coefficient (Wildman–Crippen LogP) is 5.66. The molecule has 2 heterocycles. The molecule has 0 radical (unpaired) electrons. The van der Waals surface area contributed by atoms with Crippen molar-refractivity contribution in [3.8, 4) is 11.4 Å². The molecular formula is C19H15BrClFN4O2. The predicted molar refractivity (Wildman–Crippen MR) is 107 cm³/mol. The van der Waals surface area contributed by atoms with E-state index in [9.17, 15) is 9.18 Å². The third kappa shape index (κ3) is 3.88. The van der Waals surface area contributed by atoms with Gasteiger partial charge in [-0.2, -0.15) is 4.98 Å². The Morgan fingerprint density at radius 3 is 2.82 bits per heavy atom. The number of hydrogen-bond donors (Lipinski definition) is 1. The molecule has 6 nitrogen and oxygen atoms in total. The molecule has 144 valence electrons. The molecule has 1 saturated heterocycles. The lowest BCUT2D eigenvalue weighted by molar-refractivity contribution is 0.193. The van der Waals surface area contributed by atoms with Crippen LogP contribution in [0.2, 0.25) is 5.02 Å². The fourth-order valence-corrected chi connectivity index (χ4v) is 3.57. The van der Waals surface area contributed by atoms with Crippen molar-refractivity contribution in [3.63, 3.8) is 0 Å². The fourth-order valence-electron chi connectivity index (χ4n) is 3.12. The number of amides is 2. The standard InChI is InChI=1S/C19H15BrClFN4O2/c20-12-5-3-11(4-6-12)17-24-18(28-25-17)16-2-1-9-26(16)19(27)23-13-7-8-15(22)14(21)10-13/h3-8,10,16H,1-2,9H2,(H,23,27). The molecule has 1 atom stereocenters. The van der Waals surface area contributed by atoms with Crippen LogP contribution in [-0.4, -0.2) is 27.6 Å². The zero-order chi connectivity index (χ0) is 19.7. The molecule has 28 heavy (non-hydrogen) atoms. The number of benzene rings is 2. The number of anilines is 1. The third-order valence-corrected chi connectivity index (χ3v) is 5.33. The smallest absolute Gasteiger partial charge is 0.322 e. The first kappa shape index (κ1) is 18.9. The van der Waals surface area contributed by atoms with Gasteiger partial charge in [-0.1, -0.05) is 32.7 Å². The summed E-state index contributed by atoms with van der Waals surface area (Å²) < 4.78 is 19.7. The molecule has 1 aliphatic heterocycles. The lowest BCUT2D eigenvalue weighted by atomic mass is 10.2. The van der Waals surface area contributed by atoms with Crippen molar-refractivity contribution in [2.75, 3.05) is 11.9 Å². The number of aromatic nitrogens is 2. The molecule has 0 aliphatic carbocycles. The number of halogens is 3. The Balaban J connectivity index is 1.51. The summed E-state index contributed by atoms with van der Waals surface area (Å²) in [6.07, 6.45) is 1.54. The van der Waals surface area contributed by atoms with Gasteiger partial charge in [-0.25, -0.2) is 9.18 Å². The highest BCUT2D eigenvalue weighted by atomic mass is 79.9. The Morgan fingerprint density at radius 2 is 2.07 bits per heavy atom. The second kappa shape index (κ2) is 7.89. The van der Waals surface area contributed by atoms with Crippen LogP contribution in [0.5, 0.6) is 0 Å². The van der Waals surface area contributed by atoms with Crippen LogP contribution >= 0.6 is 27.5 Å². The fraction of sp³-hybridized carbons (Fsp3) is 0.211. The van der Waals surface area contributed by atoms with Gasteiger partial charge in [0.1, 0.15) is 11.9 Å². The van der Waals surface area contributed by atoms with Crippen LogP contribution in [0.4, 0.5) is 14.9 Å². The van der Waals surface area contributed by atoms with E-state index in [1.807, 2.05) is 24.3 Å². The Hall–Kier alpha value is -2.45. The average Bonchev–Trinajstić information content (AvgIpc) is 3.34. The first-order valence-electron chi connectivity index (χ1n) is 8.63. The van der Waals surface area contributed by atoms with E-state index < -0.39 is 5.82 Å². The van der Waals surface area contributed by atoms with Crippen molar-refractivity contribution in [3.05, 3.63) is 63.7 Å². The van der Waals surface area contributed by atoms with Crippen molar-refractivity contribution in [1.82, 2.24) is 15.0 Å². The quantitative estimate of drug-likeness (QED) is 0.542. The molecule has 1 aromatic heterocycles. The van der Waals surface area contributed by atoms with Gasteiger partial charge < -0.3 is 14.7 Å². The summed E-state index contributed by atoms with van der Waals surface area (Å²) in [7, 11) is 0. The number of carbonyl (C=O) groups is 1. The monoisotopic (exact) mass is 464 g/mol. The summed E-state index contributed by atoms with van der Waals surface area (Å²) in [6, 6.07) is 11.0. The topological polar surface area (TPSA) is 71.3 Å². The summed E-state index contributed by atoms with van der Waals surface area (Å²) in [6.45, 7) is 0.557. The third-order valence-electron chi connectivity index (χ3n) is 4.51. The van der Waals surface area contributed by atoms with Gasteiger partial charge in [-0.05, 0) is 55.3 Å². The molecule has 1 unspecified atom stereocenters. The van der Waals surface area contributed by atoms with Crippen molar-refractivity contribution < 1.29 is 13.7 Å². The SMILES string of the molecule is O=C(Nc1ccc(F)c(Cl)c1)N1CCCC1c1nc(-c2ccc(Br)cc2)no1. The van der Waals surface area contributed by atoms with E-state index in [0.717, 1.165) is 22.9 Å². The zero-order valence-corrected chi connectivity index (χ0v) is 16.9. The summed E-state index contributed by atoms with van der Waals surface area (Å²) in [5.74, 6) is 0.327. The van der Waals surface area contributed by atoms with Gasteiger partial charge in [0.25, 0.3) is 0 Å². The summed E-state index contributed by atoms with van der Waals surface area (Å²) >= 11 is 9.17. The van der Waals surface area contributed by atoms with Crippen LogP contribution in [0.25, 0.3) is 11.4 Å². The second-order valence-corrected chi connectivity index (χ2v) is 7.70. The maximum atomic E-state index is 13.3. The summed E-state index contributed by atoms with van der Waals surface area (Å²) in [5, 5.41) is 6.73. The molecule has 0 saturated carbocycles. The number of rotatable bonds is 3. The maximum absolute atomic E-state index is 13.3. The van der Waals surface area contributed by atoms with Gasteiger partial charge in [0.05, 0.1) is 5.02 Å². The molecule has 4 rings (SSSR count). The van der Waals surface area contributed by atoms with Crippen molar-refractivity contribution in [1.29, 1.82) is 0 Å². The average molecular weight is 466 g/mol. The van der Waals surface area contributed by atoms with Gasteiger partial charge >= 0.3 is 6.03 Å². The summed E-state index contributed by atoms with van der Waals surface area (Å²) in [4.78, 5) is 18.8. The zero-order valence-electron chi connectivity index (χ0n) is 14.5. The highest BCUT2D eigenvalue weighted by Gasteiger charge is 2.34. The molecule has 2 amide bonds. The Kier molecular flexibility index (Phi) is 5.32. The van der Waals surface area contributed by atoms with Gasteiger partial charge in [0.15, 0.2) is 0 Å². The number of likely N-dealkylation sites (tertiary alicyclic amines) is 1. The van der Waals surface area contributed by atoms with Crippen LogP contribution in [0.15, 0.2) is 51.5 Å². The largest absolute Gasteiger partial charge is 0.337 e. The first-order valence-corrected chi connectivity index (χ1v) is 9.80. The maximum Gasteiger partial charge on any atom is 0.322 e. The minimum absolute atomic E-state index is 0.0492. The van der Waals surface area contributed by atoms with Crippen LogP contribution in [0.1, 0.15) is 24.8 Å². The number of carbonyl (C=O) groups excluding carboxylic acids is 1. The van der Waals surface area contributed by atoms with E-state index in [1.54, 1.807) is 4.90 Å². The van der Waals surface area contributed by atoms with Crippen LogP contribution in [0, 0.1) is 5.82 Å². The minimum Gasteiger partial charge on any atom is -0.337 e. The van der Waals surface area contributed by atoms with Crippen LogP contribution in [-0.2, 0) is 0 Å². The van der Waals surface area contributed by atoms with Crippen LogP contribution in [0.3, 0.4) is 0 Å². The normalized spacial score (nSPS) is 16.4. The molecule has 0 bridgehead atoms. The van der Waals surface area contributed by atoms with Gasteiger partial charge in [0.2, 0.25) is 11.7 Å². The molecule has 1 fully saturated rings. The molecule has 1 N–H and O–H groups in total. The number of nitrogens with zero attached hydrogens (tertiary/aromatic N) is 3. The number of nitrogens with one attached hydrogen (secondary N) is 1. The highest BCUT2D eigenvalue weighted by Crippen LogP contribution is 2.33. The van der Waals surface area contributed by atoms with E-state index >= 15 is 0 Å². The molecule has 0 spiro atoms. The van der Waals surface area contributed by atoms with E-state index in [2.05, 4.69) is 31.4 Å².